The van der Waals surface area contributed by atoms with Crippen LogP contribution in [0.4, 0.5) is 0 Å². The molecule has 1 aromatic carbocycles. The van der Waals surface area contributed by atoms with Crippen molar-refractivity contribution in [1.82, 2.24) is 10.2 Å². The van der Waals surface area contributed by atoms with Crippen LogP contribution in [0.5, 0.6) is 0 Å². The largest absolute Gasteiger partial charge is 0.313 e. The Morgan fingerprint density at radius 3 is 2.75 bits per heavy atom. The van der Waals surface area contributed by atoms with E-state index < -0.39 is 0 Å². The summed E-state index contributed by atoms with van der Waals surface area (Å²) >= 11 is 0. The molecule has 2 rings (SSSR count). The molecule has 0 amide bonds. The summed E-state index contributed by atoms with van der Waals surface area (Å²) in [7, 11) is 0. The van der Waals surface area contributed by atoms with Crippen LogP contribution < -0.4 is 5.32 Å². The molecule has 0 radical (unpaired) electrons. The first-order valence-corrected chi connectivity index (χ1v) is 8.29. The van der Waals surface area contributed by atoms with Crippen molar-refractivity contribution in [3.63, 3.8) is 0 Å². The lowest BCUT2D eigenvalue weighted by atomic mass is 10.0. The molecule has 0 bridgehead atoms. The molecule has 1 aliphatic rings. The minimum Gasteiger partial charge on any atom is -0.313 e. The van der Waals surface area contributed by atoms with Gasteiger partial charge in [0.1, 0.15) is 0 Å². The zero-order chi connectivity index (χ0) is 14.2. The van der Waals surface area contributed by atoms with Gasteiger partial charge < -0.3 is 5.32 Å². The lowest BCUT2D eigenvalue weighted by Gasteiger charge is -2.22. The lowest BCUT2D eigenvalue weighted by molar-refractivity contribution is 0.272. The van der Waals surface area contributed by atoms with Gasteiger partial charge >= 0.3 is 0 Å². The molecule has 1 N–H and O–H groups in total. The smallest absolute Gasteiger partial charge is 0.0236 e. The van der Waals surface area contributed by atoms with Gasteiger partial charge in [-0.15, -0.1) is 0 Å². The highest BCUT2D eigenvalue weighted by Gasteiger charge is 2.14. The highest BCUT2D eigenvalue weighted by Crippen LogP contribution is 2.19. The van der Waals surface area contributed by atoms with Gasteiger partial charge in [0.2, 0.25) is 0 Å². The second kappa shape index (κ2) is 8.43. The maximum absolute atomic E-state index is 3.53. The van der Waals surface area contributed by atoms with Crippen LogP contribution in [0.15, 0.2) is 24.3 Å². The summed E-state index contributed by atoms with van der Waals surface area (Å²) in [6.45, 7) is 10.4. The number of hydrogen-bond donors (Lipinski definition) is 1. The SMILES string of the molecule is CCCNCc1ccccc1CN1CCCC(C)CC1. The van der Waals surface area contributed by atoms with Gasteiger partial charge in [-0.3, -0.25) is 4.90 Å². The Hall–Kier alpha value is -0.860. The molecule has 0 spiro atoms. The molecule has 0 aliphatic carbocycles. The molecule has 1 saturated heterocycles. The topological polar surface area (TPSA) is 15.3 Å². The number of hydrogen-bond acceptors (Lipinski definition) is 2. The summed E-state index contributed by atoms with van der Waals surface area (Å²) in [6, 6.07) is 8.92. The second-order valence-electron chi connectivity index (χ2n) is 6.26. The molecule has 2 heteroatoms. The van der Waals surface area contributed by atoms with E-state index in [1.165, 1.54) is 49.9 Å². The summed E-state index contributed by atoms with van der Waals surface area (Å²) in [5, 5.41) is 3.53. The standard InChI is InChI=1S/C18H30N2/c1-3-11-19-14-17-8-4-5-9-18(17)15-20-12-6-7-16(2)10-13-20/h4-5,8-9,16,19H,3,6-7,10-15H2,1-2H3. The zero-order valence-electron chi connectivity index (χ0n) is 13.2. The quantitative estimate of drug-likeness (QED) is 0.794. The molecule has 0 saturated carbocycles. The van der Waals surface area contributed by atoms with E-state index in [1.807, 2.05) is 0 Å². The first-order valence-electron chi connectivity index (χ1n) is 8.29. The van der Waals surface area contributed by atoms with Crippen molar-refractivity contribution in [2.75, 3.05) is 19.6 Å². The van der Waals surface area contributed by atoms with Crippen LogP contribution in [0.25, 0.3) is 0 Å². The highest BCUT2D eigenvalue weighted by atomic mass is 15.1. The molecule has 1 unspecified atom stereocenters. The number of likely N-dealkylation sites (tertiary alicyclic amines) is 1. The minimum absolute atomic E-state index is 0.904. The molecule has 1 fully saturated rings. The Labute approximate surface area is 124 Å². The molecule has 2 nitrogen and oxygen atoms in total. The van der Waals surface area contributed by atoms with Gasteiger partial charge in [-0.2, -0.15) is 0 Å². The molecule has 1 aromatic rings. The number of nitrogens with zero attached hydrogens (tertiary/aromatic N) is 1. The fourth-order valence-electron chi connectivity index (χ4n) is 3.01. The fourth-order valence-corrected chi connectivity index (χ4v) is 3.01. The Bertz CT molecular complexity index is 389. The van der Waals surface area contributed by atoms with Gasteiger partial charge in [-0.05, 0) is 62.4 Å². The molecule has 1 atom stereocenters. The number of benzene rings is 1. The fraction of sp³-hybridized carbons (Fsp3) is 0.667. The van der Waals surface area contributed by atoms with E-state index in [9.17, 15) is 0 Å². The first-order chi connectivity index (χ1) is 9.79. The monoisotopic (exact) mass is 274 g/mol. The average Bonchev–Trinajstić information content (AvgIpc) is 2.66. The van der Waals surface area contributed by atoms with Crippen LogP contribution in [-0.2, 0) is 13.1 Å². The van der Waals surface area contributed by atoms with Gasteiger partial charge in [-0.25, -0.2) is 0 Å². The van der Waals surface area contributed by atoms with E-state index in [0.717, 1.165) is 25.6 Å². The van der Waals surface area contributed by atoms with Crippen molar-refractivity contribution in [3.8, 4) is 0 Å². The van der Waals surface area contributed by atoms with Crippen LogP contribution in [0, 0.1) is 5.92 Å². The Morgan fingerprint density at radius 2 is 1.95 bits per heavy atom. The van der Waals surface area contributed by atoms with Crippen molar-refractivity contribution >= 4 is 0 Å². The molecule has 1 heterocycles. The summed E-state index contributed by atoms with van der Waals surface area (Å²) in [5.41, 5.74) is 2.98. The van der Waals surface area contributed by atoms with E-state index in [1.54, 1.807) is 0 Å². The molecule has 0 aromatic heterocycles. The molecular weight excluding hydrogens is 244 g/mol. The van der Waals surface area contributed by atoms with Gasteiger partial charge in [0.05, 0.1) is 0 Å². The minimum atomic E-state index is 0.904. The predicted molar refractivity (Wildman–Crippen MR) is 86.7 cm³/mol. The van der Waals surface area contributed by atoms with Gasteiger partial charge in [0, 0.05) is 13.1 Å². The second-order valence-corrected chi connectivity index (χ2v) is 6.26. The van der Waals surface area contributed by atoms with Crippen LogP contribution in [-0.4, -0.2) is 24.5 Å². The third-order valence-electron chi connectivity index (χ3n) is 4.36. The van der Waals surface area contributed by atoms with Crippen molar-refractivity contribution in [3.05, 3.63) is 35.4 Å². The summed E-state index contributed by atoms with van der Waals surface area (Å²) in [5.74, 6) is 0.904. The zero-order valence-corrected chi connectivity index (χ0v) is 13.2. The van der Waals surface area contributed by atoms with Gasteiger partial charge in [-0.1, -0.05) is 38.1 Å². The normalized spacial score (nSPS) is 20.8. The van der Waals surface area contributed by atoms with Crippen molar-refractivity contribution < 1.29 is 0 Å². The maximum atomic E-state index is 3.53. The lowest BCUT2D eigenvalue weighted by Crippen LogP contribution is -2.25. The molecule has 112 valence electrons. The molecule has 20 heavy (non-hydrogen) atoms. The molecule has 1 aliphatic heterocycles. The third kappa shape index (κ3) is 4.92. The van der Waals surface area contributed by atoms with E-state index >= 15 is 0 Å². The molecular formula is C18H30N2. The van der Waals surface area contributed by atoms with E-state index in [-0.39, 0.29) is 0 Å². The van der Waals surface area contributed by atoms with Crippen LogP contribution in [0.3, 0.4) is 0 Å². The van der Waals surface area contributed by atoms with E-state index in [2.05, 4.69) is 48.3 Å². The van der Waals surface area contributed by atoms with Crippen LogP contribution in [0.1, 0.15) is 50.7 Å². The third-order valence-corrected chi connectivity index (χ3v) is 4.36. The Morgan fingerprint density at radius 1 is 1.15 bits per heavy atom. The Balaban J connectivity index is 1.93. The Kier molecular flexibility index (Phi) is 6.55. The van der Waals surface area contributed by atoms with Crippen molar-refractivity contribution in [2.45, 2.75) is 52.6 Å². The maximum Gasteiger partial charge on any atom is 0.0236 e. The number of nitrogens with one attached hydrogen (secondary N) is 1. The van der Waals surface area contributed by atoms with E-state index in [4.69, 9.17) is 0 Å². The summed E-state index contributed by atoms with van der Waals surface area (Å²) in [4.78, 5) is 2.64. The summed E-state index contributed by atoms with van der Waals surface area (Å²) in [6.07, 6.45) is 5.32. The summed E-state index contributed by atoms with van der Waals surface area (Å²) < 4.78 is 0. The first kappa shape index (κ1) is 15.5. The average molecular weight is 274 g/mol. The highest BCUT2D eigenvalue weighted by molar-refractivity contribution is 5.27. The van der Waals surface area contributed by atoms with Crippen molar-refractivity contribution in [1.29, 1.82) is 0 Å². The van der Waals surface area contributed by atoms with Gasteiger partial charge in [0.25, 0.3) is 0 Å². The number of rotatable bonds is 6. The van der Waals surface area contributed by atoms with Gasteiger partial charge in [0.15, 0.2) is 0 Å². The van der Waals surface area contributed by atoms with E-state index in [0.29, 0.717) is 0 Å². The predicted octanol–water partition coefficient (Wildman–Crippen LogP) is 3.81. The van der Waals surface area contributed by atoms with Crippen LogP contribution in [0.2, 0.25) is 0 Å². The van der Waals surface area contributed by atoms with Crippen molar-refractivity contribution in [2.24, 2.45) is 5.92 Å². The van der Waals surface area contributed by atoms with Crippen LogP contribution >= 0.6 is 0 Å².